The Labute approximate surface area is 165 Å². The molecule has 1 saturated heterocycles. The Kier molecular flexibility index (Phi) is 4.23. The van der Waals surface area contributed by atoms with Gasteiger partial charge >= 0.3 is 12.1 Å². The van der Waals surface area contributed by atoms with Crippen molar-refractivity contribution in [3.63, 3.8) is 0 Å². The maximum Gasteiger partial charge on any atom is 0.417 e. The molecule has 3 heterocycles. The first-order chi connectivity index (χ1) is 12.1. The lowest BCUT2D eigenvalue weighted by Gasteiger charge is -2.28. The predicted octanol–water partition coefficient (Wildman–Crippen LogP) is 3.11. The van der Waals surface area contributed by atoms with Crippen LogP contribution in [0.3, 0.4) is 0 Å². The molecule has 1 amide bonds. The first-order valence-electron chi connectivity index (χ1n) is 8.01. The summed E-state index contributed by atoms with van der Waals surface area (Å²) in [5.74, 6) is -1.49. The quantitative estimate of drug-likeness (QED) is 0.715. The zero-order valence-corrected chi connectivity index (χ0v) is 17.8. The van der Waals surface area contributed by atoms with Crippen LogP contribution in [0.4, 0.5) is 4.79 Å². The van der Waals surface area contributed by atoms with Gasteiger partial charge in [-0.25, -0.2) is 22.9 Å². The van der Waals surface area contributed by atoms with E-state index in [1.807, 2.05) is 0 Å². The number of amidine groups is 1. The van der Waals surface area contributed by atoms with Gasteiger partial charge in [-0.05, 0) is 40.7 Å². The highest BCUT2D eigenvalue weighted by atomic mass is 35.5. The lowest BCUT2D eigenvalue weighted by Crippen LogP contribution is -2.41. The van der Waals surface area contributed by atoms with Crippen molar-refractivity contribution >= 4 is 50.7 Å². The van der Waals surface area contributed by atoms with Crippen LogP contribution in [0, 0.1) is 0 Å². The fourth-order valence-electron chi connectivity index (χ4n) is 3.04. The molecule has 27 heavy (non-hydrogen) atoms. The van der Waals surface area contributed by atoms with Crippen LogP contribution in [0.2, 0.25) is 5.02 Å². The van der Waals surface area contributed by atoms with Crippen LogP contribution in [0.1, 0.15) is 49.2 Å². The second kappa shape index (κ2) is 5.68. The first kappa shape index (κ1) is 20.1. The molecule has 0 aromatic carbocycles. The molecule has 0 spiro atoms. The lowest BCUT2D eigenvalue weighted by molar-refractivity contribution is 0.0422. The molecule has 0 aliphatic carbocycles. The number of rotatable bonds is 2. The topological polar surface area (TPSA) is 113 Å². The smallest absolute Gasteiger partial charge is 0.417 e. The largest absolute Gasteiger partial charge is 0.477 e. The van der Waals surface area contributed by atoms with Crippen LogP contribution < -0.4 is 0 Å². The number of hydrogen-bond acceptors (Lipinski definition) is 7. The molecule has 0 bridgehead atoms. The molecular weight excluding hydrogens is 416 g/mol. The summed E-state index contributed by atoms with van der Waals surface area (Å²) in [5, 5.41) is 9.29. The van der Waals surface area contributed by atoms with E-state index in [1.165, 1.54) is 13.0 Å². The number of aliphatic imine (C=N–C) groups is 1. The number of carbonyl (C=O) groups excluding carboxylic acids is 1. The summed E-state index contributed by atoms with van der Waals surface area (Å²) >= 11 is 7.04. The molecule has 148 valence electrons. The van der Waals surface area contributed by atoms with Gasteiger partial charge in [0.1, 0.15) is 16.0 Å². The molecule has 2 aliphatic rings. The highest BCUT2D eigenvalue weighted by molar-refractivity contribution is 7.94. The Morgan fingerprint density at radius 3 is 2.44 bits per heavy atom. The van der Waals surface area contributed by atoms with Gasteiger partial charge in [0.2, 0.25) is 4.87 Å². The van der Waals surface area contributed by atoms with Crippen LogP contribution in [0.5, 0.6) is 0 Å². The van der Waals surface area contributed by atoms with Crippen molar-refractivity contribution in [1.82, 2.24) is 4.90 Å². The van der Waals surface area contributed by atoms with Gasteiger partial charge in [0.25, 0.3) is 0 Å². The third kappa shape index (κ3) is 3.03. The van der Waals surface area contributed by atoms with Gasteiger partial charge in [0.05, 0.1) is 15.7 Å². The van der Waals surface area contributed by atoms with Crippen LogP contribution in [-0.2, 0) is 20.1 Å². The minimum atomic E-state index is -3.83. The van der Waals surface area contributed by atoms with E-state index in [-0.39, 0.29) is 15.7 Å². The van der Waals surface area contributed by atoms with Crippen molar-refractivity contribution in [1.29, 1.82) is 0 Å². The Balaban J connectivity index is 2.07. The van der Waals surface area contributed by atoms with Crippen molar-refractivity contribution < 1.29 is 27.9 Å². The summed E-state index contributed by atoms with van der Waals surface area (Å²) in [7, 11) is -3.83. The number of carbonyl (C=O) groups is 2. The van der Waals surface area contributed by atoms with Gasteiger partial charge in [0, 0.05) is 0 Å². The van der Waals surface area contributed by atoms with Crippen LogP contribution in [-0.4, -0.2) is 52.5 Å². The third-order valence-electron chi connectivity index (χ3n) is 4.40. The monoisotopic (exact) mass is 434 g/mol. The fraction of sp³-hybridized carbons (Fsp3) is 0.562. The zero-order chi connectivity index (χ0) is 20.6. The number of halogens is 1. The molecule has 1 aromatic rings. The van der Waals surface area contributed by atoms with E-state index in [2.05, 4.69) is 4.99 Å². The van der Waals surface area contributed by atoms with Gasteiger partial charge in [-0.1, -0.05) is 11.6 Å². The molecule has 1 fully saturated rings. The number of aromatic carboxylic acids is 1. The van der Waals surface area contributed by atoms with E-state index in [9.17, 15) is 18.0 Å². The van der Waals surface area contributed by atoms with E-state index >= 15 is 0 Å². The van der Waals surface area contributed by atoms with Gasteiger partial charge in [0.15, 0.2) is 15.7 Å². The molecule has 8 nitrogen and oxygen atoms in total. The lowest BCUT2D eigenvalue weighted by atomic mass is 10.0. The molecule has 0 saturated carbocycles. The molecule has 2 atom stereocenters. The summed E-state index contributed by atoms with van der Waals surface area (Å²) in [6, 6.07) is 1.27. The van der Waals surface area contributed by atoms with E-state index < -0.39 is 43.7 Å². The number of ether oxygens (including phenoxy) is 1. The average molecular weight is 435 g/mol. The number of carboxylic acid groups (broad SMARTS) is 1. The number of thiophene rings is 1. The molecular formula is C16H19ClN2O6S2. The average Bonchev–Trinajstić information content (AvgIpc) is 2.86. The normalized spacial score (nSPS) is 29.0. The number of nitrogens with zero attached hydrogens (tertiary/aromatic N) is 2. The van der Waals surface area contributed by atoms with Crippen molar-refractivity contribution in [3.8, 4) is 0 Å². The number of hydrogen-bond donors (Lipinski definition) is 1. The number of fused-ring (bicyclic) bond motifs is 1. The zero-order valence-electron chi connectivity index (χ0n) is 15.4. The predicted molar refractivity (Wildman–Crippen MR) is 101 cm³/mol. The van der Waals surface area contributed by atoms with Crippen molar-refractivity contribution in [2.75, 3.05) is 5.75 Å². The van der Waals surface area contributed by atoms with Gasteiger partial charge in [-0.2, -0.15) is 0 Å². The Morgan fingerprint density at radius 1 is 1.37 bits per heavy atom. The first-order valence-corrected chi connectivity index (χ1v) is 10.9. The van der Waals surface area contributed by atoms with E-state index in [0.29, 0.717) is 4.88 Å². The Bertz CT molecular complexity index is 993. The van der Waals surface area contributed by atoms with Gasteiger partial charge < -0.3 is 9.84 Å². The third-order valence-corrected chi connectivity index (χ3v) is 8.70. The maximum absolute atomic E-state index is 13.0. The molecule has 1 N–H and O–H groups in total. The maximum atomic E-state index is 13.0. The number of carboxylic acids is 1. The molecule has 0 radical (unpaired) electrons. The summed E-state index contributed by atoms with van der Waals surface area (Å²) < 4.78 is 31.2. The summed E-state index contributed by atoms with van der Waals surface area (Å²) in [5.41, 5.74) is -2.08. The minimum absolute atomic E-state index is 0.0121. The number of sulfone groups is 1. The van der Waals surface area contributed by atoms with Gasteiger partial charge in [-0.3, -0.25) is 4.99 Å². The fourth-order valence-corrected chi connectivity index (χ4v) is 6.64. The van der Waals surface area contributed by atoms with Crippen molar-refractivity contribution in [2.45, 2.75) is 50.6 Å². The van der Waals surface area contributed by atoms with Crippen LogP contribution >= 0.6 is 22.9 Å². The van der Waals surface area contributed by atoms with Crippen LogP contribution in [0.25, 0.3) is 0 Å². The van der Waals surface area contributed by atoms with E-state index in [4.69, 9.17) is 21.4 Å². The van der Waals surface area contributed by atoms with Crippen molar-refractivity contribution in [2.24, 2.45) is 4.99 Å². The van der Waals surface area contributed by atoms with Crippen molar-refractivity contribution in [3.05, 3.63) is 20.8 Å². The van der Waals surface area contributed by atoms with Crippen LogP contribution in [0.15, 0.2) is 11.1 Å². The second-order valence-electron chi connectivity index (χ2n) is 7.86. The number of amides is 1. The van der Waals surface area contributed by atoms with E-state index in [0.717, 1.165) is 16.2 Å². The SMILES string of the molecule is CC(C)(C)OC(=O)N1C2=NC(C)(c3sc(C(=O)O)cc3Cl)CS(=O)(=O)C21C. The van der Waals surface area contributed by atoms with E-state index in [1.54, 1.807) is 27.7 Å². The van der Waals surface area contributed by atoms with Gasteiger partial charge in [-0.15, -0.1) is 11.3 Å². The second-order valence-corrected chi connectivity index (χ2v) is 11.6. The standard InChI is InChI=1S/C16H19ClN2O6S2/c1-14(2,3)25-13(22)19-12-16(19,5)27(23,24)7-15(4,18-12)10-8(17)6-9(26-10)11(20)21/h6H,7H2,1-5H3,(H,20,21). The molecule has 3 rings (SSSR count). The molecule has 11 heteroatoms. The highest BCUT2D eigenvalue weighted by Crippen LogP contribution is 2.52. The molecule has 2 aliphatic heterocycles. The Morgan fingerprint density at radius 2 is 1.96 bits per heavy atom. The molecule has 1 aromatic heterocycles. The molecule has 2 unspecified atom stereocenters. The minimum Gasteiger partial charge on any atom is -0.477 e. The summed E-state index contributed by atoms with van der Waals surface area (Å²) in [4.78, 5) is 27.9. The Hall–Kier alpha value is -1.65. The summed E-state index contributed by atoms with van der Waals surface area (Å²) in [6.45, 7) is 8.01. The summed E-state index contributed by atoms with van der Waals surface area (Å²) in [6.07, 6.45) is -0.792. The highest BCUT2D eigenvalue weighted by Gasteiger charge is 2.73.